The summed E-state index contributed by atoms with van der Waals surface area (Å²) in [7, 11) is 1.90. The molecule has 1 aromatic heterocycles. The molecule has 0 bridgehead atoms. The highest BCUT2D eigenvalue weighted by atomic mass is 16.2. The molecule has 1 saturated heterocycles. The first-order valence-corrected chi connectivity index (χ1v) is 8.33. The lowest BCUT2D eigenvalue weighted by atomic mass is 10.0. The first kappa shape index (κ1) is 17.0. The average molecular weight is 307 g/mol. The Balaban J connectivity index is 1.73. The lowest BCUT2D eigenvalue weighted by molar-refractivity contribution is -0.134. The molecule has 6 nitrogen and oxygen atoms in total. The molecular weight excluding hydrogens is 278 g/mol. The van der Waals surface area contributed by atoms with Crippen LogP contribution < -0.4 is 5.73 Å². The molecule has 2 rings (SSSR count). The highest BCUT2D eigenvalue weighted by Crippen LogP contribution is 2.16. The summed E-state index contributed by atoms with van der Waals surface area (Å²) in [6.07, 6.45) is 7.58. The van der Waals surface area contributed by atoms with E-state index >= 15 is 0 Å². The van der Waals surface area contributed by atoms with Crippen molar-refractivity contribution in [2.75, 3.05) is 26.7 Å². The van der Waals surface area contributed by atoms with Crippen molar-refractivity contribution in [3.05, 3.63) is 18.5 Å². The van der Waals surface area contributed by atoms with Crippen molar-refractivity contribution in [1.29, 1.82) is 0 Å². The minimum atomic E-state index is -0.340. The topological polar surface area (TPSA) is 67.4 Å². The van der Waals surface area contributed by atoms with Crippen LogP contribution in [-0.2, 0) is 11.3 Å². The molecule has 6 heteroatoms. The lowest BCUT2D eigenvalue weighted by Gasteiger charge is -2.37. The zero-order chi connectivity index (χ0) is 15.9. The molecular formula is C16H29N5O. The van der Waals surface area contributed by atoms with Crippen molar-refractivity contribution >= 4 is 5.91 Å². The Kier molecular flexibility index (Phi) is 6.39. The van der Waals surface area contributed by atoms with E-state index in [4.69, 9.17) is 5.73 Å². The van der Waals surface area contributed by atoms with E-state index in [1.807, 2.05) is 35.1 Å². The fraction of sp³-hybridized carbons (Fsp3) is 0.750. The molecule has 124 valence electrons. The molecule has 0 spiro atoms. The van der Waals surface area contributed by atoms with Crippen molar-refractivity contribution in [2.45, 2.75) is 51.2 Å². The van der Waals surface area contributed by atoms with Crippen LogP contribution in [0.15, 0.2) is 18.5 Å². The number of nitrogens with two attached hydrogens (primary N) is 1. The van der Waals surface area contributed by atoms with Gasteiger partial charge in [0.2, 0.25) is 5.91 Å². The smallest absolute Gasteiger partial charge is 0.239 e. The van der Waals surface area contributed by atoms with Crippen molar-refractivity contribution in [2.24, 2.45) is 5.73 Å². The number of nitrogens with zero attached hydrogens (tertiary/aromatic N) is 4. The summed E-state index contributed by atoms with van der Waals surface area (Å²) in [6.45, 7) is 6.07. The van der Waals surface area contributed by atoms with Crippen LogP contribution in [0.1, 0.15) is 32.6 Å². The fourth-order valence-electron chi connectivity index (χ4n) is 3.08. The van der Waals surface area contributed by atoms with Gasteiger partial charge in [-0.15, -0.1) is 0 Å². The van der Waals surface area contributed by atoms with Crippen molar-refractivity contribution < 1.29 is 4.79 Å². The SMILES string of the molecule is CCCC(N)C(=O)N(C)C1CCN(CCn2cccn2)CC1. The Morgan fingerprint density at radius 2 is 2.14 bits per heavy atom. The van der Waals surface area contributed by atoms with E-state index in [9.17, 15) is 4.79 Å². The van der Waals surface area contributed by atoms with Gasteiger partial charge in [0.05, 0.1) is 12.6 Å². The second-order valence-electron chi connectivity index (χ2n) is 6.19. The number of carbonyl (C=O) groups excluding carboxylic acids is 1. The molecule has 1 fully saturated rings. The van der Waals surface area contributed by atoms with Crippen LogP contribution in [0.2, 0.25) is 0 Å². The van der Waals surface area contributed by atoms with Crippen LogP contribution in [-0.4, -0.2) is 64.3 Å². The quantitative estimate of drug-likeness (QED) is 0.814. The van der Waals surface area contributed by atoms with Crippen LogP contribution in [0.4, 0.5) is 0 Å². The molecule has 2 heterocycles. The number of piperidine rings is 1. The molecule has 1 aliphatic rings. The normalized spacial score (nSPS) is 18.3. The predicted octanol–water partition coefficient (Wildman–Crippen LogP) is 0.933. The Labute approximate surface area is 133 Å². The van der Waals surface area contributed by atoms with E-state index in [-0.39, 0.29) is 11.9 Å². The van der Waals surface area contributed by atoms with Crippen LogP contribution in [0.25, 0.3) is 0 Å². The summed E-state index contributed by atoms with van der Waals surface area (Å²) in [6, 6.07) is 1.94. The molecule has 2 N–H and O–H groups in total. The number of aromatic nitrogens is 2. The third-order valence-electron chi connectivity index (χ3n) is 4.57. The van der Waals surface area contributed by atoms with Gasteiger partial charge in [0.1, 0.15) is 0 Å². The Morgan fingerprint density at radius 1 is 1.41 bits per heavy atom. The Morgan fingerprint density at radius 3 is 2.73 bits per heavy atom. The van der Waals surface area contributed by atoms with Gasteiger partial charge < -0.3 is 15.5 Å². The summed E-state index contributed by atoms with van der Waals surface area (Å²) < 4.78 is 1.96. The average Bonchev–Trinajstić information content (AvgIpc) is 3.05. The molecule has 1 unspecified atom stereocenters. The molecule has 0 saturated carbocycles. The van der Waals surface area contributed by atoms with E-state index in [0.717, 1.165) is 51.9 Å². The molecule has 0 aliphatic carbocycles. The number of rotatable bonds is 7. The van der Waals surface area contributed by atoms with Gasteiger partial charge in [-0.25, -0.2) is 0 Å². The van der Waals surface area contributed by atoms with Gasteiger partial charge in [0.15, 0.2) is 0 Å². The third kappa shape index (κ3) is 4.55. The van der Waals surface area contributed by atoms with Gasteiger partial charge in [-0.3, -0.25) is 9.48 Å². The minimum absolute atomic E-state index is 0.0943. The standard InChI is InChI=1S/C16H29N5O/c1-3-5-15(17)16(22)19(2)14-6-10-20(11-7-14)12-13-21-9-4-8-18-21/h4,8-9,14-15H,3,5-7,10-13,17H2,1-2H3. The highest BCUT2D eigenvalue weighted by Gasteiger charge is 2.27. The molecule has 1 aromatic rings. The van der Waals surface area contributed by atoms with Gasteiger partial charge in [-0.1, -0.05) is 13.3 Å². The first-order valence-electron chi connectivity index (χ1n) is 8.33. The number of likely N-dealkylation sites (tertiary alicyclic amines) is 1. The van der Waals surface area contributed by atoms with Gasteiger partial charge in [-0.2, -0.15) is 5.10 Å². The summed E-state index contributed by atoms with van der Waals surface area (Å²) >= 11 is 0. The van der Waals surface area contributed by atoms with E-state index in [0.29, 0.717) is 6.04 Å². The van der Waals surface area contributed by atoms with Crippen LogP contribution >= 0.6 is 0 Å². The fourth-order valence-corrected chi connectivity index (χ4v) is 3.08. The minimum Gasteiger partial charge on any atom is -0.341 e. The number of likely N-dealkylation sites (N-methyl/N-ethyl adjacent to an activating group) is 1. The van der Waals surface area contributed by atoms with Crippen LogP contribution in [0, 0.1) is 0 Å². The molecule has 0 radical (unpaired) electrons. The Bertz CT molecular complexity index is 439. The van der Waals surface area contributed by atoms with Crippen molar-refractivity contribution in [1.82, 2.24) is 19.6 Å². The van der Waals surface area contributed by atoms with Gasteiger partial charge in [0.25, 0.3) is 0 Å². The zero-order valence-corrected chi connectivity index (χ0v) is 13.8. The van der Waals surface area contributed by atoms with E-state index < -0.39 is 0 Å². The predicted molar refractivity (Wildman–Crippen MR) is 87.3 cm³/mol. The summed E-state index contributed by atoms with van der Waals surface area (Å²) in [5.74, 6) is 0.0943. The summed E-state index contributed by atoms with van der Waals surface area (Å²) in [5.41, 5.74) is 5.95. The van der Waals surface area contributed by atoms with E-state index in [1.165, 1.54) is 0 Å². The monoisotopic (exact) mass is 307 g/mol. The molecule has 1 amide bonds. The number of amides is 1. The van der Waals surface area contributed by atoms with E-state index in [1.54, 1.807) is 0 Å². The number of carbonyl (C=O) groups is 1. The maximum Gasteiger partial charge on any atom is 0.239 e. The molecule has 0 aromatic carbocycles. The van der Waals surface area contributed by atoms with Crippen molar-refractivity contribution in [3.63, 3.8) is 0 Å². The second kappa shape index (κ2) is 8.29. The van der Waals surface area contributed by atoms with Gasteiger partial charge >= 0.3 is 0 Å². The Hall–Kier alpha value is -1.40. The zero-order valence-electron chi connectivity index (χ0n) is 13.8. The summed E-state index contributed by atoms with van der Waals surface area (Å²) in [5, 5.41) is 4.23. The van der Waals surface area contributed by atoms with Crippen LogP contribution in [0.5, 0.6) is 0 Å². The maximum atomic E-state index is 12.3. The van der Waals surface area contributed by atoms with E-state index in [2.05, 4.69) is 16.9 Å². The van der Waals surface area contributed by atoms with Gasteiger partial charge in [0, 0.05) is 45.1 Å². The highest BCUT2D eigenvalue weighted by molar-refractivity contribution is 5.81. The maximum absolute atomic E-state index is 12.3. The number of hydrogen-bond donors (Lipinski definition) is 1. The lowest BCUT2D eigenvalue weighted by Crippen LogP contribution is -2.50. The first-order chi connectivity index (χ1) is 10.6. The summed E-state index contributed by atoms with van der Waals surface area (Å²) in [4.78, 5) is 16.6. The number of hydrogen-bond acceptors (Lipinski definition) is 4. The molecule has 1 atom stereocenters. The van der Waals surface area contributed by atoms with Crippen molar-refractivity contribution in [3.8, 4) is 0 Å². The second-order valence-corrected chi connectivity index (χ2v) is 6.19. The largest absolute Gasteiger partial charge is 0.341 e. The van der Waals surface area contributed by atoms with Gasteiger partial charge in [-0.05, 0) is 25.3 Å². The van der Waals surface area contributed by atoms with Crippen LogP contribution in [0.3, 0.4) is 0 Å². The third-order valence-corrected chi connectivity index (χ3v) is 4.57. The molecule has 22 heavy (non-hydrogen) atoms. The molecule has 1 aliphatic heterocycles.